The smallest absolute Gasteiger partial charge is 0.322 e. The van der Waals surface area contributed by atoms with Crippen molar-refractivity contribution in [1.29, 1.82) is 0 Å². The maximum atomic E-state index is 13.1. The van der Waals surface area contributed by atoms with Crippen LogP contribution in [0.3, 0.4) is 0 Å². The number of halogens is 1. The van der Waals surface area contributed by atoms with Gasteiger partial charge >= 0.3 is 5.97 Å². The first-order valence-corrected chi connectivity index (χ1v) is 5.56. The molecular weight excluding hydrogens is 239 g/mol. The summed E-state index contributed by atoms with van der Waals surface area (Å²) in [4.78, 5) is 23.8. The van der Waals surface area contributed by atoms with E-state index in [9.17, 15) is 14.0 Å². The molecule has 96 valence electrons. The van der Waals surface area contributed by atoms with Crippen molar-refractivity contribution in [3.8, 4) is 0 Å². The summed E-state index contributed by atoms with van der Waals surface area (Å²) in [5.41, 5.74) is 6.68. The standard InChI is InChI=1S/C12H13FN2O3/c13-8-2-3-10-7(5-8)1-4-11(16)15(10)6-9(14)12(17)18/h2-3,5,9H,1,4,6,14H2,(H,17,18). The number of aryl methyl sites for hydroxylation is 1. The molecule has 6 heteroatoms. The monoisotopic (exact) mass is 252 g/mol. The zero-order valence-corrected chi connectivity index (χ0v) is 9.60. The highest BCUT2D eigenvalue weighted by atomic mass is 19.1. The van der Waals surface area contributed by atoms with Gasteiger partial charge in [0.2, 0.25) is 5.91 Å². The third-order valence-electron chi connectivity index (χ3n) is 2.94. The summed E-state index contributed by atoms with van der Waals surface area (Å²) in [6.07, 6.45) is 0.702. The van der Waals surface area contributed by atoms with Crippen molar-refractivity contribution in [1.82, 2.24) is 0 Å². The van der Waals surface area contributed by atoms with Gasteiger partial charge in [-0.1, -0.05) is 0 Å². The molecule has 18 heavy (non-hydrogen) atoms. The van der Waals surface area contributed by atoms with Crippen molar-refractivity contribution >= 4 is 17.6 Å². The molecule has 0 aliphatic carbocycles. The molecule has 3 N–H and O–H groups in total. The molecule has 1 aromatic carbocycles. The van der Waals surface area contributed by atoms with Crippen LogP contribution in [0.4, 0.5) is 10.1 Å². The molecule has 0 saturated carbocycles. The molecule has 1 unspecified atom stereocenters. The maximum Gasteiger partial charge on any atom is 0.322 e. The molecule has 1 atom stereocenters. The van der Waals surface area contributed by atoms with Crippen LogP contribution in [0.2, 0.25) is 0 Å². The van der Waals surface area contributed by atoms with Crippen LogP contribution >= 0.6 is 0 Å². The molecule has 1 aromatic rings. The number of rotatable bonds is 3. The second kappa shape index (κ2) is 4.73. The van der Waals surface area contributed by atoms with Crippen LogP contribution in [0.25, 0.3) is 0 Å². The first kappa shape index (κ1) is 12.5. The Kier molecular flexibility index (Phi) is 3.29. The summed E-state index contributed by atoms with van der Waals surface area (Å²) in [5, 5.41) is 8.77. The quantitative estimate of drug-likeness (QED) is 0.821. The summed E-state index contributed by atoms with van der Waals surface area (Å²) in [6, 6.07) is 2.94. The molecule has 0 saturated heterocycles. The molecule has 2 rings (SSSR count). The molecule has 1 aliphatic heterocycles. The second-order valence-corrected chi connectivity index (χ2v) is 4.22. The van der Waals surface area contributed by atoms with Crippen molar-refractivity contribution in [3.05, 3.63) is 29.6 Å². The largest absolute Gasteiger partial charge is 0.480 e. The number of carbonyl (C=O) groups is 2. The minimum Gasteiger partial charge on any atom is -0.480 e. The normalized spacial score (nSPS) is 16.3. The number of anilines is 1. The number of carboxylic acids is 1. The van der Waals surface area contributed by atoms with Crippen LogP contribution in [0.15, 0.2) is 18.2 Å². The van der Waals surface area contributed by atoms with Gasteiger partial charge in [-0.2, -0.15) is 0 Å². The number of nitrogens with two attached hydrogens (primary N) is 1. The molecule has 0 aromatic heterocycles. The van der Waals surface area contributed by atoms with Crippen LogP contribution in [0.1, 0.15) is 12.0 Å². The van der Waals surface area contributed by atoms with Gasteiger partial charge in [-0.15, -0.1) is 0 Å². The minimum atomic E-state index is -1.17. The van der Waals surface area contributed by atoms with E-state index < -0.39 is 12.0 Å². The first-order chi connectivity index (χ1) is 8.49. The predicted molar refractivity (Wildman–Crippen MR) is 62.7 cm³/mol. The lowest BCUT2D eigenvalue weighted by atomic mass is 10.0. The van der Waals surface area contributed by atoms with E-state index in [-0.39, 0.29) is 24.7 Å². The molecule has 0 fully saturated rings. The lowest BCUT2D eigenvalue weighted by molar-refractivity contribution is -0.138. The van der Waals surface area contributed by atoms with Crippen LogP contribution < -0.4 is 10.6 Å². The first-order valence-electron chi connectivity index (χ1n) is 5.56. The molecular formula is C12H13FN2O3. The number of hydrogen-bond donors (Lipinski definition) is 2. The van der Waals surface area contributed by atoms with E-state index >= 15 is 0 Å². The van der Waals surface area contributed by atoms with E-state index in [4.69, 9.17) is 10.8 Å². The topological polar surface area (TPSA) is 83.6 Å². The maximum absolute atomic E-state index is 13.1. The number of carboxylic acid groups (broad SMARTS) is 1. The lowest BCUT2D eigenvalue weighted by Crippen LogP contribution is -2.47. The summed E-state index contributed by atoms with van der Waals surface area (Å²) >= 11 is 0. The Labute approximate surface area is 103 Å². The lowest BCUT2D eigenvalue weighted by Gasteiger charge is -2.30. The molecule has 5 nitrogen and oxygen atoms in total. The number of hydrogen-bond acceptors (Lipinski definition) is 3. The van der Waals surface area contributed by atoms with Gasteiger partial charge in [0.1, 0.15) is 11.9 Å². The summed E-state index contributed by atoms with van der Waals surface area (Å²) < 4.78 is 13.1. The average Bonchev–Trinajstić information content (AvgIpc) is 2.32. The fourth-order valence-electron chi connectivity index (χ4n) is 2.00. The van der Waals surface area contributed by atoms with Crippen molar-refractivity contribution in [3.63, 3.8) is 0 Å². The highest BCUT2D eigenvalue weighted by Gasteiger charge is 2.27. The number of amides is 1. The van der Waals surface area contributed by atoms with Crippen molar-refractivity contribution in [2.24, 2.45) is 5.73 Å². The Bertz CT molecular complexity index is 504. The molecule has 0 radical (unpaired) electrons. The average molecular weight is 252 g/mol. The van der Waals surface area contributed by atoms with E-state index in [1.807, 2.05) is 0 Å². The fraction of sp³-hybridized carbons (Fsp3) is 0.333. The van der Waals surface area contributed by atoms with Gasteiger partial charge in [-0.05, 0) is 30.2 Å². The Morgan fingerprint density at radius 2 is 2.22 bits per heavy atom. The summed E-state index contributed by atoms with van der Waals surface area (Å²) in [5.74, 6) is -1.73. The van der Waals surface area contributed by atoms with Gasteiger partial charge in [0, 0.05) is 12.1 Å². The summed E-state index contributed by atoms with van der Waals surface area (Å²) in [6.45, 7) is -0.104. The van der Waals surface area contributed by atoms with Crippen LogP contribution in [-0.2, 0) is 16.0 Å². The Hall–Kier alpha value is -1.95. The second-order valence-electron chi connectivity index (χ2n) is 4.22. The fourth-order valence-corrected chi connectivity index (χ4v) is 2.00. The molecule has 0 bridgehead atoms. The molecule has 0 spiro atoms. The Morgan fingerprint density at radius 1 is 1.50 bits per heavy atom. The SMILES string of the molecule is NC(CN1C(=O)CCc2cc(F)ccc21)C(=O)O. The van der Waals surface area contributed by atoms with Gasteiger partial charge < -0.3 is 15.7 Å². The van der Waals surface area contributed by atoms with Gasteiger partial charge in [0.15, 0.2) is 0 Å². The van der Waals surface area contributed by atoms with Crippen LogP contribution in [0, 0.1) is 5.82 Å². The predicted octanol–water partition coefficient (Wildman–Crippen LogP) is 0.517. The van der Waals surface area contributed by atoms with E-state index in [0.717, 1.165) is 0 Å². The van der Waals surface area contributed by atoms with Crippen molar-refractivity contribution < 1.29 is 19.1 Å². The summed E-state index contributed by atoms with van der Waals surface area (Å²) in [7, 11) is 0. The number of carbonyl (C=O) groups excluding carboxylic acids is 1. The highest BCUT2D eigenvalue weighted by Crippen LogP contribution is 2.28. The van der Waals surface area contributed by atoms with Crippen LogP contribution in [-0.4, -0.2) is 29.6 Å². The van der Waals surface area contributed by atoms with Crippen LogP contribution in [0.5, 0.6) is 0 Å². The van der Waals surface area contributed by atoms with Gasteiger partial charge in [-0.3, -0.25) is 9.59 Å². The number of nitrogens with zero attached hydrogens (tertiary/aromatic N) is 1. The molecule has 1 heterocycles. The Balaban J connectivity index is 2.30. The van der Waals surface area contributed by atoms with Crippen molar-refractivity contribution in [2.45, 2.75) is 18.9 Å². The number of benzene rings is 1. The molecule has 1 aliphatic rings. The van der Waals surface area contributed by atoms with Gasteiger partial charge in [0.25, 0.3) is 0 Å². The van der Waals surface area contributed by atoms with Crippen molar-refractivity contribution in [2.75, 3.05) is 11.4 Å². The van der Waals surface area contributed by atoms with Gasteiger partial charge in [0.05, 0.1) is 6.54 Å². The molecule has 1 amide bonds. The van der Waals surface area contributed by atoms with E-state index in [0.29, 0.717) is 17.7 Å². The zero-order valence-electron chi connectivity index (χ0n) is 9.60. The highest BCUT2D eigenvalue weighted by molar-refractivity contribution is 5.97. The van der Waals surface area contributed by atoms with E-state index in [1.54, 1.807) is 0 Å². The number of aliphatic carboxylic acids is 1. The Morgan fingerprint density at radius 3 is 2.89 bits per heavy atom. The number of fused-ring (bicyclic) bond motifs is 1. The van der Waals surface area contributed by atoms with Gasteiger partial charge in [-0.25, -0.2) is 4.39 Å². The van der Waals surface area contributed by atoms with E-state index in [1.165, 1.54) is 23.1 Å². The third kappa shape index (κ3) is 2.33. The minimum absolute atomic E-state index is 0.104. The van der Waals surface area contributed by atoms with E-state index in [2.05, 4.69) is 0 Å². The third-order valence-corrected chi connectivity index (χ3v) is 2.94. The zero-order chi connectivity index (χ0) is 13.3.